The van der Waals surface area contributed by atoms with Crippen molar-refractivity contribution in [1.82, 2.24) is 0 Å². The molecule has 1 atom stereocenters. The molecule has 0 aliphatic heterocycles. The van der Waals surface area contributed by atoms with Gasteiger partial charge in [-0.25, -0.2) is 0 Å². The molecule has 0 saturated carbocycles. The van der Waals surface area contributed by atoms with Crippen molar-refractivity contribution in [3.05, 3.63) is 10.6 Å². The van der Waals surface area contributed by atoms with Crippen LogP contribution in [0, 0.1) is 5.92 Å². The van der Waals surface area contributed by atoms with Gasteiger partial charge in [0.2, 0.25) is 0 Å². The molecule has 0 bridgehead atoms. The predicted octanol–water partition coefficient (Wildman–Crippen LogP) is 3.09. The van der Waals surface area contributed by atoms with E-state index in [-0.39, 0.29) is 0 Å². The maximum atomic E-state index is 3.48. The van der Waals surface area contributed by atoms with E-state index in [1.165, 1.54) is 23.7 Å². The highest BCUT2D eigenvalue weighted by molar-refractivity contribution is 9.11. The van der Waals surface area contributed by atoms with Gasteiger partial charge in [-0.15, -0.1) is 0 Å². The second-order valence-corrected chi connectivity index (χ2v) is 3.55. The molecule has 0 saturated heterocycles. The minimum atomic E-state index is 0.913. The minimum Gasteiger partial charge on any atom is -0.0741 e. The van der Waals surface area contributed by atoms with Crippen LogP contribution in [0.25, 0.3) is 0 Å². The average molecular weight is 175 g/mol. The van der Waals surface area contributed by atoms with Gasteiger partial charge in [0.1, 0.15) is 0 Å². The van der Waals surface area contributed by atoms with E-state index >= 15 is 0 Å². The normalized spacial score (nSPS) is 29.8. The zero-order chi connectivity index (χ0) is 5.98. The maximum absolute atomic E-state index is 3.48. The molecule has 0 N–H and O–H groups in total. The fourth-order valence-corrected chi connectivity index (χ4v) is 1.35. The largest absolute Gasteiger partial charge is 0.0741 e. The Morgan fingerprint density at radius 3 is 2.88 bits per heavy atom. The van der Waals surface area contributed by atoms with Gasteiger partial charge in [0.05, 0.1) is 0 Å². The van der Waals surface area contributed by atoms with Crippen LogP contribution in [-0.2, 0) is 0 Å². The summed E-state index contributed by atoms with van der Waals surface area (Å²) in [6.07, 6.45) is 6.16. The van der Waals surface area contributed by atoms with E-state index in [9.17, 15) is 0 Å². The van der Waals surface area contributed by atoms with Crippen molar-refractivity contribution in [2.75, 3.05) is 0 Å². The summed E-state index contributed by atoms with van der Waals surface area (Å²) in [4.78, 5) is 0. The van der Waals surface area contributed by atoms with Crippen LogP contribution >= 0.6 is 15.9 Å². The molecule has 1 rings (SSSR count). The molecule has 0 fully saturated rings. The molecule has 0 radical (unpaired) electrons. The van der Waals surface area contributed by atoms with Gasteiger partial charge in [0.25, 0.3) is 0 Å². The fraction of sp³-hybridized carbons (Fsp3) is 0.714. The molecule has 1 aliphatic carbocycles. The quantitative estimate of drug-likeness (QED) is 0.530. The minimum absolute atomic E-state index is 0.913. The van der Waals surface area contributed by atoms with E-state index < -0.39 is 0 Å². The Bertz CT molecular complexity index is 105. The Labute approximate surface area is 59.1 Å². The maximum Gasteiger partial charge on any atom is -0.00890 e. The summed E-state index contributed by atoms with van der Waals surface area (Å²) in [6, 6.07) is 0. The highest BCUT2D eigenvalue weighted by Crippen LogP contribution is 2.25. The molecule has 0 aromatic heterocycles. The number of rotatable bonds is 0. The Hall–Kier alpha value is 0.220. The second kappa shape index (κ2) is 2.67. The third-order valence-electron chi connectivity index (χ3n) is 1.62. The van der Waals surface area contributed by atoms with Crippen molar-refractivity contribution >= 4 is 15.9 Å². The first kappa shape index (κ1) is 6.34. The molecular weight excluding hydrogens is 164 g/mol. The van der Waals surface area contributed by atoms with E-state index in [2.05, 4.69) is 28.9 Å². The Balaban J connectivity index is 2.42. The van der Waals surface area contributed by atoms with Crippen molar-refractivity contribution in [1.29, 1.82) is 0 Å². The van der Waals surface area contributed by atoms with E-state index in [0.717, 1.165) is 5.92 Å². The lowest BCUT2D eigenvalue weighted by Crippen LogP contribution is -1.97. The molecular formula is C7H11Br. The van der Waals surface area contributed by atoms with Crippen LogP contribution < -0.4 is 0 Å². The average Bonchev–Trinajstić information content (AvgIpc) is 1.77. The molecule has 0 heterocycles. The molecule has 0 nitrogen and oxygen atoms in total. The number of halogens is 1. The first-order valence-electron chi connectivity index (χ1n) is 3.13. The van der Waals surface area contributed by atoms with Crippen LogP contribution in [0.5, 0.6) is 0 Å². The molecule has 46 valence electrons. The molecule has 8 heavy (non-hydrogen) atoms. The van der Waals surface area contributed by atoms with Crippen molar-refractivity contribution in [2.45, 2.75) is 26.2 Å². The van der Waals surface area contributed by atoms with E-state index in [4.69, 9.17) is 0 Å². The summed E-state index contributed by atoms with van der Waals surface area (Å²) < 4.78 is 1.40. The summed E-state index contributed by atoms with van der Waals surface area (Å²) in [5, 5.41) is 0. The number of allylic oxidation sites excluding steroid dienone is 2. The van der Waals surface area contributed by atoms with Crippen LogP contribution in [0.1, 0.15) is 26.2 Å². The van der Waals surface area contributed by atoms with Gasteiger partial charge in [0.15, 0.2) is 0 Å². The topological polar surface area (TPSA) is 0 Å². The highest BCUT2D eigenvalue weighted by atomic mass is 79.9. The standard InChI is InChI=1S/C7H11Br/c1-6-2-4-7(8)5-3-6/h4,6H,2-3,5H2,1H3. The molecule has 1 aliphatic rings. The molecule has 0 spiro atoms. The van der Waals surface area contributed by atoms with Crippen molar-refractivity contribution in [3.63, 3.8) is 0 Å². The van der Waals surface area contributed by atoms with Gasteiger partial charge in [-0.2, -0.15) is 0 Å². The fourth-order valence-electron chi connectivity index (χ4n) is 0.933. The van der Waals surface area contributed by atoms with Gasteiger partial charge in [-0.3, -0.25) is 0 Å². The van der Waals surface area contributed by atoms with Gasteiger partial charge in [0, 0.05) is 0 Å². The summed E-state index contributed by atoms with van der Waals surface area (Å²) in [5.41, 5.74) is 0. The molecule has 0 aromatic rings. The van der Waals surface area contributed by atoms with Gasteiger partial charge in [-0.05, 0) is 29.7 Å². The second-order valence-electron chi connectivity index (χ2n) is 2.53. The molecule has 1 unspecified atom stereocenters. The first-order chi connectivity index (χ1) is 3.79. The van der Waals surface area contributed by atoms with Gasteiger partial charge in [-0.1, -0.05) is 28.9 Å². The predicted molar refractivity (Wildman–Crippen MR) is 40.0 cm³/mol. The summed E-state index contributed by atoms with van der Waals surface area (Å²) in [5.74, 6) is 0.913. The third-order valence-corrected chi connectivity index (χ3v) is 2.34. The van der Waals surface area contributed by atoms with Crippen molar-refractivity contribution in [3.8, 4) is 0 Å². The van der Waals surface area contributed by atoms with E-state index in [1.807, 2.05) is 0 Å². The molecule has 0 amide bonds. The Morgan fingerprint density at radius 1 is 1.75 bits per heavy atom. The smallest absolute Gasteiger partial charge is 0.00890 e. The van der Waals surface area contributed by atoms with Crippen molar-refractivity contribution in [2.24, 2.45) is 5.92 Å². The van der Waals surface area contributed by atoms with Crippen molar-refractivity contribution < 1.29 is 0 Å². The molecule has 0 aromatic carbocycles. The van der Waals surface area contributed by atoms with E-state index in [1.54, 1.807) is 0 Å². The summed E-state index contributed by atoms with van der Waals surface area (Å²) in [7, 11) is 0. The van der Waals surface area contributed by atoms with E-state index in [0.29, 0.717) is 0 Å². The monoisotopic (exact) mass is 174 g/mol. The van der Waals surface area contributed by atoms with Crippen LogP contribution in [0.15, 0.2) is 10.6 Å². The lowest BCUT2D eigenvalue weighted by atomic mass is 9.97. The SMILES string of the molecule is CC1CC=C(Br)CC1. The zero-order valence-electron chi connectivity index (χ0n) is 5.15. The highest BCUT2D eigenvalue weighted by Gasteiger charge is 2.06. The van der Waals surface area contributed by atoms with Crippen LogP contribution in [0.2, 0.25) is 0 Å². The zero-order valence-corrected chi connectivity index (χ0v) is 6.74. The summed E-state index contributed by atoms with van der Waals surface area (Å²) in [6.45, 7) is 2.30. The third kappa shape index (κ3) is 1.62. The Morgan fingerprint density at radius 2 is 2.50 bits per heavy atom. The lowest BCUT2D eigenvalue weighted by Gasteiger charge is -2.13. The number of hydrogen-bond donors (Lipinski definition) is 0. The molecule has 1 heteroatoms. The summed E-state index contributed by atoms with van der Waals surface area (Å²) >= 11 is 3.48. The lowest BCUT2D eigenvalue weighted by molar-refractivity contribution is 0.524. The van der Waals surface area contributed by atoms with Crippen LogP contribution in [0.3, 0.4) is 0 Å². The number of hydrogen-bond acceptors (Lipinski definition) is 0. The first-order valence-corrected chi connectivity index (χ1v) is 3.93. The van der Waals surface area contributed by atoms with Gasteiger partial charge < -0.3 is 0 Å². The van der Waals surface area contributed by atoms with Gasteiger partial charge >= 0.3 is 0 Å². The van der Waals surface area contributed by atoms with Crippen LogP contribution in [0.4, 0.5) is 0 Å². The van der Waals surface area contributed by atoms with Crippen LogP contribution in [-0.4, -0.2) is 0 Å². The Kier molecular flexibility index (Phi) is 2.12.